The Morgan fingerprint density at radius 3 is 2.86 bits per heavy atom. The molecular weight excluding hydrogens is 268 g/mol. The van der Waals surface area contributed by atoms with Crippen LogP contribution in [0.2, 0.25) is 0 Å². The number of aliphatic hydroxyl groups excluding tert-OH is 1. The van der Waals surface area contributed by atoms with Gasteiger partial charge >= 0.3 is 0 Å². The number of nitrogens with one attached hydrogen (secondary N) is 1. The van der Waals surface area contributed by atoms with Crippen LogP contribution in [-0.4, -0.2) is 42.4 Å². The van der Waals surface area contributed by atoms with Crippen molar-refractivity contribution in [3.8, 4) is 0 Å². The number of hydrogen-bond donors (Lipinski definition) is 3. The molecule has 0 bridgehead atoms. The zero-order chi connectivity index (χ0) is 15.7. The molecule has 21 heavy (non-hydrogen) atoms. The predicted octanol–water partition coefficient (Wildman–Crippen LogP) is 1.04. The second-order valence-electron chi connectivity index (χ2n) is 7.13. The number of ether oxygens (including phenoxy) is 1. The van der Waals surface area contributed by atoms with E-state index in [9.17, 15) is 4.79 Å². The Kier molecular flexibility index (Phi) is 4.96. The van der Waals surface area contributed by atoms with Crippen LogP contribution in [0, 0.1) is 17.3 Å². The Balaban J connectivity index is 2.00. The summed E-state index contributed by atoms with van der Waals surface area (Å²) in [5, 5.41) is 12.1. The molecule has 2 aliphatic rings. The van der Waals surface area contributed by atoms with Gasteiger partial charge in [0.15, 0.2) is 0 Å². The number of rotatable bonds is 6. The topological polar surface area (TPSA) is 84.6 Å². The van der Waals surface area contributed by atoms with E-state index < -0.39 is 5.54 Å². The van der Waals surface area contributed by atoms with Crippen molar-refractivity contribution in [2.75, 3.05) is 19.8 Å². The average molecular weight is 298 g/mol. The van der Waals surface area contributed by atoms with Crippen LogP contribution in [0.4, 0.5) is 0 Å². The lowest BCUT2D eigenvalue weighted by Gasteiger charge is -2.65. The summed E-state index contributed by atoms with van der Waals surface area (Å²) in [5.74, 6) is 0.374. The van der Waals surface area contributed by atoms with Crippen molar-refractivity contribution >= 4 is 5.91 Å². The summed E-state index contributed by atoms with van der Waals surface area (Å²) in [7, 11) is 0. The van der Waals surface area contributed by atoms with E-state index in [2.05, 4.69) is 12.2 Å². The first-order valence-corrected chi connectivity index (χ1v) is 8.19. The highest BCUT2D eigenvalue weighted by Crippen LogP contribution is 2.57. The van der Waals surface area contributed by atoms with E-state index >= 15 is 0 Å². The van der Waals surface area contributed by atoms with Crippen LogP contribution >= 0.6 is 0 Å². The highest BCUT2D eigenvalue weighted by atomic mass is 16.5. The number of aliphatic hydroxyl groups is 1. The molecule has 1 aliphatic carbocycles. The Bertz CT molecular complexity index is 386. The molecule has 4 N–H and O–H groups in total. The van der Waals surface area contributed by atoms with Crippen LogP contribution in [0.25, 0.3) is 0 Å². The molecule has 0 aromatic rings. The number of amides is 1. The van der Waals surface area contributed by atoms with Gasteiger partial charge in [0, 0.05) is 31.1 Å². The van der Waals surface area contributed by atoms with Crippen molar-refractivity contribution in [3.05, 3.63) is 0 Å². The van der Waals surface area contributed by atoms with Crippen LogP contribution in [0.5, 0.6) is 0 Å². The summed E-state index contributed by atoms with van der Waals surface area (Å²) in [5.41, 5.74) is 5.37. The Hall–Kier alpha value is -0.650. The summed E-state index contributed by atoms with van der Waals surface area (Å²) < 4.78 is 5.83. The van der Waals surface area contributed by atoms with Crippen LogP contribution < -0.4 is 11.1 Å². The van der Waals surface area contributed by atoms with Crippen molar-refractivity contribution in [1.82, 2.24) is 5.32 Å². The summed E-state index contributed by atoms with van der Waals surface area (Å²) >= 11 is 0. The summed E-state index contributed by atoms with van der Waals surface area (Å²) in [6, 6.07) is 0. The fourth-order valence-electron chi connectivity index (χ4n) is 4.05. The minimum atomic E-state index is -0.838. The molecule has 122 valence electrons. The van der Waals surface area contributed by atoms with E-state index in [0.717, 1.165) is 25.9 Å². The van der Waals surface area contributed by atoms with Crippen LogP contribution in [0.3, 0.4) is 0 Å². The Labute approximate surface area is 127 Å². The van der Waals surface area contributed by atoms with Crippen LogP contribution in [0.1, 0.15) is 46.5 Å². The first-order valence-electron chi connectivity index (χ1n) is 8.19. The van der Waals surface area contributed by atoms with Crippen molar-refractivity contribution in [2.45, 2.75) is 58.1 Å². The van der Waals surface area contributed by atoms with Gasteiger partial charge < -0.3 is 20.9 Å². The van der Waals surface area contributed by atoms with Crippen LogP contribution in [0.15, 0.2) is 0 Å². The molecule has 1 aliphatic heterocycles. The minimum Gasteiger partial charge on any atom is -0.396 e. The smallest absolute Gasteiger partial charge is 0.241 e. The molecule has 5 heteroatoms. The predicted molar refractivity (Wildman–Crippen MR) is 81.7 cm³/mol. The van der Waals surface area contributed by atoms with Gasteiger partial charge in [-0.2, -0.15) is 0 Å². The second-order valence-corrected chi connectivity index (χ2v) is 7.13. The molecule has 4 atom stereocenters. The van der Waals surface area contributed by atoms with Gasteiger partial charge in [-0.05, 0) is 25.2 Å². The summed E-state index contributed by atoms with van der Waals surface area (Å²) in [4.78, 5) is 12.7. The largest absolute Gasteiger partial charge is 0.396 e. The third-order valence-corrected chi connectivity index (χ3v) is 5.73. The maximum absolute atomic E-state index is 12.7. The number of nitrogens with two attached hydrogens (primary N) is 1. The van der Waals surface area contributed by atoms with Crippen LogP contribution in [-0.2, 0) is 9.53 Å². The highest BCUT2D eigenvalue weighted by Gasteiger charge is 2.70. The van der Waals surface area contributed by atoms with E-state index in [-0.39, 0.29) is 30.0 Å². The molecular formula is C16H30N2O3. The van der Waals surface area contributed by atoms with Crippen molar-refractivity contribution in [3.63, 3.8) is 0 Å². The SMILES string of the molecule is CCC(CCO)CNC(=O)C1(N)C2CCCOC2C1(C)C. The lowest BCUT2D eigenvalue weighted by atomic mass is 9.46. The van der Waals surface area contributed by atoms with Gasteiger partial charge in [-0.3, -0.25) is 4.79 Å². The molecule has 2 rings (SSSR count). The zero-order valence-corrected chi connectivity index (χ0v) is 13.5. The fourth-order valence-corrected chi connectivity index (χ4v) is 4.05. The van der Waals surface area contributed by atoms with E-state index in [4.69, 9.17) is 15.6 Å². The Morgan fingerprint density at radius 2 is 2.24 bits per heavy atom. The maximum Gasteiger partial charge on any atom is 0.241 e. The molecule has 4 unspecified atom stereocenters. The lowest BCUT2D eigenvalue weighted by Crippen LogP contribution is -2.82. The normalized spacial score (nSPS) is 35.5. The molecule has 5 nitrogen and oxygen atoms in total. The zero-order valence-electron chi connectivity index (χ0n) is 13.5. The summed E-state index contributed by atoms with van der Waals surface area (Å²) in [6.07, 6.45) is 3.70. The molecule has 0 aromatic heterocycles. The molecule has 0 radical (unpaired) electrons. The van der Waals surface area contributed by atoms with E-state index in [0.29, 0.717) is 18.9 Å². The van der Waals surface area contributed by atoms with Crippen molar-refractivity contribution < 1.29 is 14.6 Å². The quantitative estimate of drug-likeness (QED) is 0.684. The van der Waals surface area contributed by atoms with E-state index in [1.807, 2.05) is 13.8 Å². The van der Waals surface area contributed by atoms with Gasteiger partial charge in [-0.15, -0.1) is 0 Å². The monoisotopic (exact) mass is 298 g/mol. The molecule has 0 aromatic carbocycles. The standard InChI is InChI=1S/C16H30N2O3/c1-4-11(7-8-19)10-18-14(20)16(17)12-6-5-9-21-13(12)15(16,2)3/h11-13,19H,4-10,17H2,1-3H3,(H,18,20). The molecule has 1 amide bonds. The third-order valence-electron chi connectivity index (χ3n) is 5.73. The molecule has 1 saturated heterocycles. The van der Waals surface area contributed by atoms with Crippen molar-refractivity contribution in [1.29, 1.82) is 0 Å². The van der Waals surface area contributed by atoms with Crippen molar-refractivity contribution in [2.24, 2.45) is 23.0 Å². The summed E-state index contributed by atoms with van der Waals surface area (Å²) in [6.45, 7) is 7.66. The average Bonchev–Trinajstić information content (AvgIpc) is 2.50. The number of carbonyl (C=O) groups excluding carboxylic acids is 1. The fraction of sp³-hybridized carbons (Fsp3) is 0.938. The van der Waals surface area contributed by atoms with Gasteiger partial charge in [0.05, 0.1) is 6.10 Å². The maximum atomic E-state index is 12.7. The van der Waals surface area contributed by atoms with E-state index in [1.54, 1.807) is 0 Å². The van der Waals surface area contributed by atoms with Gasteiger partial charge in [0.25, 0.3) is 0 Å². The molecule has 1 saturated carbocycles. The van der Waals surface area contributed by atoms with Gasteiger partial charge in [-0.1, -0.05) is 27.2 Å². The number of carbonyl (C=O) groups is 1. The van der Waals surface area contributed by atoms with Gasteiger partial charge in [0.2, 0.25) is 5.91 Å². The third kappa shape index (κ3) is 2.60. The second kappa shape index (κ2) is 6.23. The van der Waals surface area contributed by atoms with Gasteiger partial charge in [-0.25, -0.2) is 0 Å². The number of hydrogen-bond acceptors (Lipinski definition) is 4. The lowest BCUT2D eigenvalue weighted by molar-refractivity contribution is -0.225. The van der Waals surface area contributed by atoms with E-state index in [1.165, 1.54) is 0 Å². The number of fused-ring (bicyclic) bond motifs is 1. The molecule has 2 fully saturated rings. The Morgan fingerprint density at radius 1 is 1.52 bits per heavy atom. The molecule has 0 spiro atoms. The highest BCUT2D eigenvalue weighted by molar-refractivity contribution is 5.89. The van der Waals surface area contributed by atoms with Gasteiger partial charge in [0.1, 0.15) is 5.54 Å². The first kappa shape index (κ1) is 16.7. The minimum absolute atomic E-state index is 0.0596. The first-order chi connectivity index (χ1) is 9.89. The molecule has 1 heterocycles.